The lowest BCUT2D eigenvalue weighted by atomic mass is 10.1. The minimum atomic E-state index is -0.346. The Kier molecular flexibility index (Phi) is 8.28. The summed E-state index contributed by atoms with van der Waals surface area (Å²) in [4.78, 5) is 51.7. The van der Waals surface area contributed by atoms with Crippen LogP contribution in [0.1, 0.15) is 49.2 Å². The maximum absolute atomic E-state index is 12.1. The summed E-state index contributed by atoms with van der Waals surface area (Å²) >= 11 is 0. The van der Waals surface area contributed by atoms with Crippen LogP contribution in [-0.2, 0) is 16.1 Å². The number of hydrogen-bond donors (Lipinski definition) is 3. The highest BCUT2D eigenvalue weighted by Gasteiger charge is 2.09. The van der Waals surface area contributed by atoms with E-state index in [1.54, 1.807) is 31.2 Å². The van der Waals surface area contributed by atoms with Crippen LogP contribution in [0.15, 0.2) is 41.5 Å². The Morgan fingerprint density at radius 3 is 2.30 bits per heavy atom. The monoisotopic (exact) mass is 413 g/mol. The van der Waals surface area contributed by atoms with Crippen LogP contribution in [0.5, 0.6) is 0 Å². The van der Waals surface area contributed by atoms with E-state index in [1.165, 1.54) is 17.0 Å². The van der Waals surface area contributed by atoms with Gasteiger partial charge in [0.05, 0.1) is 12.0 Å². The molecule has 9 nitrogen and oxygen atoms in total. The number of rotatable bonds is 9. The zero-order valence-electron chi connectivity index (χ0n) is 17.4. The molecule has 1 aromatic carbocycles. The Bertz CT molecular complexity index is 951. The molecule has 0 saturated heterocycles. The first-order chi connectivity index (χ1) is 14.3. The highest BCUT2D eigenvalue weighted by atomic mass is 16.2. The molecule has 160 valence electrons. The number of amides is 3. The lowest BCUT2D eigenvalue weighted by Crippen LogP contribution is -2.37. The normalized spacial score (nSPS) is 10.5. The van der Waals surface area contributed by atoms with Crippen molar-refractivity contribution in [3.63, 3.8) is 0 Å². The molecule has 3 N–H and O–H groups in total. The lowest BCUT2D eigenvalue weighted by molar-refractivity contribution is -0.121. The van der Waals surface area contributed by atoms with Crippen molar-refractivity contribution in [1.29, 1.82) is 0 Å². The van der Waals surface area contributed by atoms with E-state index in [9.17, 15) is 19.2 Å². The van der Waals surface area contributed by atoms with Crippen LogP contribution in [0, 0.1) is 0 Å². The van der Waals surface area contributed by atoms with Gasteiger partial charge >= 0.3 is 0 Å². The van der Waals surface area contributed by atoms with Gasteiger partial charge in [0.15, 0.2) is 0 Å². The van der Waals surface area contributed by atoms with Gasteiger partial charge in [0.25, 0.3) is 11.5 Å². The molecule has 1 heterocycles. The predicted molar refractivity (Wildman–Crippen MR) is 113 cm³/mol. The lowest BCUT2D eigenvalue weighted by Gasteiger charge is -2.10. The Balaban J connectivity index is 1.75. The number of benzene rings is 1. The second kappa shape index (κ2) is 10.9. The molecule has 0 atom stereocenters. The summed E-state index contributed by atoms with van der Waals surface area (Å²) in [7, 11) is 0. The van der Waals surface area contributed by atoms with Gasteiger partial charge < -0.3 is 16.0 Å². The third-order valence-electron chi connectivity index (χ3n) is 4.29. The molecule has 2 rings (SSSR count). The van der Waals surface area contributed by atoms with Crippen molar-refractivity contribution in [3.05, 3.63) is 58.3 Å². The van der Waals surface area contributed by atoms with Gasteiger partial charge in [0, 0.05) is 36.8 Å². The molecule has 0 saturated carbocycles. The largest absolute Gasteiger partial charge is 0.353 e. The van der Waals surface area contributed by atoms with E-state index in [4.69, 9.17) is 0 Å². The molecule has 9 heteroatoms. The summed E-state index contributed by atoms with van der Waals surface area (Å²) in [5.74, 6) is -0.600. The van der Waals surface area contributed by atoms with Crippen LogP contribution in [-0.4, -0.2) is 40.4 Å². The number of aromatic nitrogens is 2. The SMILES string of the molecule is CCC(=O)Nc1ccc(C(=O)NCCNC(=O)Cn2cnc(C(C)C)cc2=O)cc1. The third-order valence-corrected chi connectivity index (χ3v) is 4.29. The molecular weight excluding hydrogens is 386 g/mol. The second-order valence-electron chi connectivity index (χ2n) is 7.02. The van der Waals surface area contributed by atoms with Gasteiger partial charge in [0.2, 0.25) is 11.8 Å². The topological polar surface area (TPSA) is 122 Å². The first-order valence-electron chi connectivity index (χ1n) is 9.81. The Labute approximate surface area is 174 Å². The number of carbonyl (C=O) groups excluding carboxylic acids is 3. The van der Waals surface area contributed by atoms with Crippen molar-refractivity contribution in [3.8, 4) is 0 Å². The van der Waals surface area contributed by atoms with Crippen molar-refractivity contribution in [2.24, 2.45) is 0 Å². The van der Waals surface area contributed by atoms with Gasteiger partial charge in [-0.15, -0.1) is 0 Å². The molecule has 0 fully saturated rings. The van der Waals surface area contributed by atoms with Gasteiger partial charge in [0.1, 0.15) is 6.54 Å². The van der Waals surface area contributed by atoms with E-state index < -0.39 is 0 Å². The fourth-order valence-electron chi connectivity index (χ4n) is 2.52. The zero-order valence-corrected chi connectivity index (χ0v) is 17.4. The van der Waals surface area contributed by atoms with Crippen LogP contribution < -0.4 is 21.5 Å². The van der Waals surface area contributed by atoms with E-state index in [0.717, 1.165) is 0 Å². The second-order valence-corrected chi connectivity index (χ2v) is 7.02. The fourth-order valence-corrected chi connectivity index (χ4v) is 2.52. The highest BCUT2D eigenvalue weighted by molar-refractivity contribution is 5.95. The highest BCUT2D eigenvalue weighted by Crippen LogP contribution is 2.10. The molecule has 30 heavy (non-hydrogen) atoms. The molecular formula is C21H27N5O4. The molecule has 0 aliphatic heterocycles. The van der Waals surface area contributed by atoms with E-state index in [0.29, 0.717) is 23.4 Å². The summed E-state index contributed by atoms with van der Waals surface area (Å²) in [5.41, 5.74) is 1.46. The summed E-state index contributed by atoms with van der Waals surface area (Å²) in [6, 6.07) is 7.96. The fraction of sp³-hybridized carbons (Fsp3) is 0.381. The smallest absolute Gasteiger partial charge is 0.254 e. The number of nitrogens with zero attached hydrogens (tertiary/aromatic N) is 2. The molecule has 0 radical (unpaired) electrons. The summed E-state index contributed by atoms with van der Waals surface area (Å²) in [5, 5.41) is 8.06. The summed E-state index contributed by atoms with van der Waals surface area (Å²) < 4.78 is 1.23. The van der Waals surface area contributed by atoms with Gasteiger partial charge in [-0.25, -0.2) is 4.98 Å². The molecule has 3 amide bonds. The van der Waals surface area contributed by atoms with Crippen LogP contribution in [0.4, 0.5) is 5.69 Å². The Morgan fingerprint density at radius 1 is 1.03 bits per heavy atom. The number of anilines is 1. The van der Waals surface area contributed by atoms with Crippen molar-refractivity contribution in [2.45, 2.75) is 39.7 Å². The van der Waals surface area contributed by atoms with E-state index >= 15 is 0 Å². The van der Waals surface area contributed by atoms with Gasteiger partial charge in [-0.05, 0) is 30.2 Å². The minimum Gasteiger partial charge on any atom is -0.353 e. The first-order valence-corrected chi connectivity index (χ1v) is 9.81. The predicted octanol–water partition coefficient (Wildman–Crippen LogP) is 1.26. The minimum absolute atomic E-state index is 0.100. The van der Waals surface area contributed by atoms with Crippen molar-refractivity contribution in [2.75, 3.05) is 18.4 Å². The van der Waals surface area contributed by atoms with Crippen LogP contribution in [0.3, 0.4) is 0 Å². The van der Waals surface area contributed by atoms with Gasteiger partial charge in [-0.3, -0.25) is 23.7 Å². The number of hydrogen-bond acceptors (Lipinski definition) is 5. The average Bonchev–Trinajstić information content (AvgIpc) is 2.72. The molecule has 1 aromatic heterocycles. The van der Waals surface area contributed by atoms with Crippen LogP contribution >= 0.6 is 0 Å². The standard InChI is InChI=1S/C21H27N5O4/c1-4-18(27)25-16-7-5-15(6-8-16)21(30)23-10-9-22-19(28)12-26-13-24-17(14(2)3)11-20(26)29/h5-8,11,13-14H,4,9-10,12H2,1-3H3,(H,22,28)(H,23,30)(H,25,27). The van der Waals surface area contributed by atoms with E-state index in [2.05, 4.69) is 20.9 Å². The first kappa shape index (κ1) is 22.8. The summed E-state index contributed by atoms with van der Waals surface area (Å²) in [6.45, 7) is 5.95. The maximum atomic E-state index is 12.1. The Morgan fingerprint density at radius 2 is 1.70 bits per heavy atom. The number of carbonyl (C=O) groups is 3. The van der Waals surface area contributed by atoms with Gasteiger partial charge in [-0.2, -0.15) is 0 Å². The molecule has 0 aliphatic rings. The van der Waals surface area contributed by atoms with Gasteiger partial charge in [-0.1, -0.05) is 20.8 Å². The van der Waals surface area contributed by atoms with E-state index in [1.807, 2.05) is 13.8 Å². The van der Waals surface area contributed by atoms with Crippen molar-refractivity contribution in [1.82, 2.24) is 20.2 Å². The van der Waals surface area contributed by atoms with Crippen molar-refractivity contribution >= 4 is 23.4 Å². The third kappa shape index (κ3) is 6.84. The van der Waals surface area contributed by atoms with E-state index in [-0.39, 0.29) is 48.8 Å². The molecule has 0 bridgehead atoms. The summed E-state index contributed by atoms with van der Waals surface area (Å²) in [6.07, 6.45) is 1.74. The average molecular weight is 413 g/mol. The Hall–Kier alpha value is -3.49. The quantitative estimate of drug-likeness (QED) is 0.534. The van der Waals surface area contributed by atoms with Crippen LogP contribution in [0.2, 0.25) is 0 Å². The molecule has 0 unspecified atom stereocenters. The van der Waals surface area contributed by atoms with Crippen LogP contribution in [0.25, 0.3) is 0 Å². The molecule has 2 aromatic rings. The maximum Gasteiger partial charge on any atom is 0.254 e. The zero-order chi connectivity index (χ0) is 22.1. The number of nitrogens with one attached hydrogen (secondary N) is 3. The molecule has 0 aliphatic carbocycles. The van der Waals surface area contributed by atoms with Crippen molar-refractivity contribution < 1.29 is 14.4 Å². The molecule has 0 spiro atoms.